The Morgan fingerprint density at radius 2 is 2.00 bits per heavy atom. The molecule has 3 aromatic rings. The molecular weight excluding hydrogens is 322 g/mol. The van der Waals surface area contributed by atoms with E-state index in [0.29, 0.717) is 10.8 Å². The first-order valence-corrected chi connectivity index (χ1v) is 8.42. The van der Waals surface area contributed by atoms with Crippen molar-refractivity contribution < 1.29 is 4.79 Å². The first-order valence-electron chi connectivity index (χ1n) is 7.54. The van der Waals surface area contributed by atoms with Crippen LogP contribution in [0.1, 0.15) is 24.2 Å². The van der Waals surface area contributed by atoms with Gasteiger partial charge in [-0.2, -0.15) is 0 Å². The number of carbonyl (C=O) groups excluding carboxylic acids is 1. The monoisotopic (exact) mass is 339 g/mol. The van der Waals surface area contributed by atoms with Crippen molar-refractivity contribution in [1.82, 2.24) is 20.2 Å². The van der Waals surface area contributed by atoms with E-state index in [4.69, 9.17) is 0 Å². The van der Waals surface area contributed by atoms with Crippen LogP contribution in [0.4, 0.5) is 5.69 Å². The molecule has 0 spiro atoms. The molecule has 6 nitrogen and oxygen atoms in total. The minimum Gasteiger partial charge on any atom is -0.321 e. The van der Waals surface area contributed by atoms with Crippen molar-refractivity contribution in [3.8, 4) is 5.69 Å². The highest BCUT2D eigenvalue weighted by Gasteiger charge is 2.11. The van der Waals surface area contributed by atoms with Crippen LogP contribution in [0.3, 0.4) is 0 Å². The second-order valence-corrected chi connectivity index (χ2v) is 7.04. The Kier molecular flexibility index (Phi) is 4.90. The Hall–Kier alpha value is -2.67. The van der Waals surface area contributed by atoms with Crippen LogP contribution in [0.2, 0.25) is 0 Å². The molecule has 24 heavy (non-hydrogen) atoms. The Bertz CT molecular complexity index is 833. The van der Waals surface area contributed by atoms with Gasteiger partial charge in [-0.1, -0.05) is 32.0 Å². The van der Waals surface area contributed by atoms with E-state index in [-0.39, 0.29) is 5.91 Å². The Balaban J connectivity index is 1.82. The Morgan fingerprint density at radius 3 is 2.75 bits per heavy atom. The normalized spacial score (nSPS) is 10.8. The number of para-hydroxylation sites is 1. The third kappa shape index (κ3) is 3.80. The molecule has 2 aromatic carbocycles. The summed E-state index contributed by atoms with van der Waals surface area (Å²) in [5.74, 6) is -0.165. The van der Waals surface area contributed by atoms with Crippen LogP contribution in [0.25, 0.3) is 5.69 Å². The fraction of sp³-hybridized carbons (Fsp3) is 0.176. The highest BCUT2D eigenvalue weighted by Crippen LogP contribution is 2.30. The molecular formula is C17H17N5OS. The molecule has 0 radical (unpaired) electrons. The zero-order valence-corrected chi connectivity index (χ0v) is 14.2. The number of rotatable bonds is 5. The first-order chi connectivity index (χ1) is 11.6. The van der Waals surface area contributed by atoms with Crippen LogP contribution in [-0.4, -0.2) is 31.4 Å². The van der Waals surface area contributed by atoms with Crippen molar-refractivity contribution in [3.63, 3.8) is 0 Å². The molecule has 0 saturated carbocycles. The predicted molar refractivity (Wildman–Crippen MR) is 94.5 cm³/mol. The van der Waals surface area contributed by atoms with Crippen molar-refractivity contribution in [2.75, 3.05) is 5.32 Å². The SMILES string of the molecule is CC(C)Sc1ccccc1NC(=O)c1cccc(-n2cnnn2)c1. The number of aromatic nitrogens is 4. The lowest BCUT2D eigenvalue weighted by molar-refractivity contribution is 0.102. The average Bonchev–Trinajstić information content (AvgIpc) is 3.11. The fourth-order valence-electron chi connectivity index (χ4n) is 2.19. The second-order valence-electron chi connectivity index (χ2n) is 5.42. The van der Waals surface area contributed by atoms with Gasteiger partial charge in [0.2, 0.25) is 0 Å². The van der Waals surface area contributed by atoms with E-state index in [2.05, 4.69) is 34.7 Å². The largest absolute Gasteiger partial charge is 0.321 e. The molecule has 3 rings (SSSR count). The van der Waals surface area contributed by atoms with Gasteiger partial charge >= 0.3 is 0 Å². The number of nitrogens with zero attached hydrogens (tertiary/aromatic N) is 4. The van der Waals surface area contributed by atoms with E-state index in [0.717, 1.165) is 16.3 Å². The van der Waals surface area contributed by atoms with Crippen LogP contribution in [-0.2, 0) is 0 Å². The van der Waals surface area contributed by atoms with E-state index in [9.17, 15) is 4.79 Å². The molecule has 0 aliphatic heterocycles. The molecule has 1 aromatic heterocycles. The molecule has 0 bridgehead atoms. The molecule has 1 heterocycles. The smallest absolute Gasteiger partial charge is 0.255 e. The van der Waals surface area contributed by atoms with Gasteiger partial charge < -0.3 is 5.32 Å². The summed E-state index contributed by atoms with van der Waals surface area (Å²) in [7, 11) is 0. The van der Waals surface area contributed by atoms with Gasteiger partial charge in [0.25, 0.3) is 5.91 Å². The summed E-state index contributed by atoms with van der Waals surface area (Å²) in [6, 6.07) is 15.0. The van der Waals surface area contributed by atoms with Gasteiger partial charge in [0, 0.05) is 15.7 Å². The van der Waals surface area contributed by atoms with Crippen LogP contribution in [0, 0.1) is 0 Å². The quantitative estimate of drug-likeness (QED) is 0.721. The fourth-order valence-corrected chi connectivity index (χ4v) is 3.10. The number of thioether (sulfide) groups is 1. The lowest BCUT2D eigenvalue weighted by atomic mass is 10.2. The van der Waals surface area contributed by atoms with Gasteiger partial charge in [-0.3, -0.25) is 4.79 Å². The Labute approximate surface area is 144 Å². The van der Waals surface area contributed by atoms with Gasteiger partial charge in [-0.25, -0.2) is 4.68 Å². The van der Waals surface area contributed by atoms with Crippen LogP contribution in [0.15, 0.2) is 59.8 Å². The number of tetrazole rings is 1. The van der Waals surface area contributed by atoms with Crippen molar-refractivity contribution >= 4 is 23.4 Å². The number of hydrogen-bond acceptors (Lipinski definition) is 5. The number of anilines is 1. The van der Waals surface area contributed by atoms with E-state index in [1.165, 1.54) is 11.0 Å². The summed E-state index contributed by atoms with van der Waals surface area (Å²) < 4.78 is 1.51. The predicted octanol–water partition coefficient (Wildman–Crippen LogP) is 3.42. The van der Waals surface area contributed by atoms with Crippen LogP contribution < -0.4 is 5.32 Å². The number of benzene rings is 2. The molecule has 122 valence electrons. The molecule has 0 saturated heterocycles. The third-order valence-corrected chi connectivity index (χ3v) is 4.30. The van der Waals surface area contributed by atoms with Crippen LogP contribution in [0.5, 0.6) is 0 Å². The van der Waals surface area contributed by atoms with E-state index >= 15 is 0 Å². The maximum Gasteiger partial charge on any atom is 0.255 e. The lowest BCUT2D eigenvalue weighted by Crippen LogP contribution is -2.13. The topological polar surface area (TPSA) is 72.7 Å². The number of hydrogen-bond donors (Lipinski definition) is 1. The van der Waals surface area contributed by atoms with Gasteiger partial charge in [-0.15, -0.1) is 16.9 Å². The minimum atomic E-state index is -0.165. The average molecular weight is 339 g/mol. The molecule has 0 fully saturated rings. The van der Waals surface area contributed by atoms with Crippen molar-refractivity contribution in [2.45, 2.75) is 24.0 Å². The van der Waals surface area contributed by atoms with Crippen molar-refractivity contribution in [2.24, 2.45) is 0 Å². The number of amides is 1. The highest BCUT2D eigenvalue weighted by molar-refractivity contribution is 8.00. The van der Waals surface area contributed by atoms with E-state index in [1.54, 1.807) is 30.0 Å². The van der Waals surface area contributed by atoms with Gasteiger partial charge in [0.15, 0.2) is 0 Å². The molecule has 0 aliphatic carbocycles. The summed E-state index contributed by atoms with van der Waals surface area (Å²) in [5, 5.41) is 14.5. The lowest BCUT2D eigenvalue weighted by Gasteiger charge is -2.12. The molecule has 0 unspecified atom stereocenters. The summed E-state index contributed by atoms with van der Waals surface area (Å²) in [6.07, 6.45) is 1.49. The second kappa shape index (κ2) is 7.27. The summed E-state index contributed by atoms with van der Waals surface area (Å²) in [4.78, 5) is 13.6. The molecule has 0 atom stereocenters. The highest BCUT2D eigenvalue weighted by atomic mass is 32.2. The van der Waals surface area contributed by atoms with Crippen molar-refractivity contribution in [1.29, 1.82) is 0 Å². The minimum absolute atomic E-state index is 0.165. The first kappa shape index (κ1) is 16.2. The third-order valence-electron chi connectivity index (χ3n) is 3.22. The summed E-state index contributed by atoms with van der Waals surface area (Å²) in [6.45, 7) is 4.25. The molecule has 1 N–H and O–H groups in total. The maximum absolute atomic E-state index is 12.6. The van der Waals surface area contributed by atoms with E-state index in [1.807, 2.05) is 30.3 Å². The molecule has 1 amide bonds. The van der Waals surface area contributed by atoms with Gasteiger partial charge in [0.1, 0.15) is 6.33 Å². The van der Waals surface area contributed by atoms with Crippen LogP contribution >= 0.6 is 11.8 Å². The summed E-state index contributed by atoms with van der Waals surface area (Å²) in [5.41, 5.74) is 2.10. The van der Waals surface area contributed by atoms with Gasteiger partial charge in [0.05, 0.1) is 11.4 Å². The zero-order valence-electron chi connectivity index (χ0n) is 13.4. The zero-order chi connectivity index (χ0) is 16.9. The summed E-state index contributed by atoms with van der Waals surface area (Å²) >= 11 is 1.72. The number of nitrogens with one attached hydrogen (secondary N) is 1. The molecule has 0 aliphatic rings. The number of carbonyl (C=O) groups is 1. The Morgan fingerprint density at radius 1 is 1.17 bits per heavy atom. The van der Waals surface area contributed by atoms with E-state index < -0.39 is 0 Å². The molecule has 7 heteroatoms. The maximum atomic E-state index is 12.6. The van der Waals surface area contributed by atoms with Crippen molar-refractivity contribution in [3.05, 3.63) is 60.4 Å². The standard InChI is InChI=1S/C17H17N5OS/c1-12(2)24-16-9-4-3-8-15(16)19-17(23)13-6-5-7-14(10-13)22-11-18-20-21-22/h3-12H,1-2H3,(H,19,23). The van der Waals surface area contributed by atoms with Gasteiger partial charge in [-0.05, 0) is 40.8 Å².